The maximum absolute atomic E-state index is 11.4. The third-order valence-corrected chi connectivity index (χ3v) is 3.01. The summed E-state index contributed by atoms with van der Waals surface area (Å²) in [4.78, 5) is 16.0. The lowest BCUT2D eigenvalue weighted by atomic mass is 10.2. The van der Waals surface area contributed by atoms with Crippen LogP contribution in [0.5, 0.6) is 0 Å². The minimum Gasteiger partial charge on any atom is -0.445 e. The van der Waals surface area contributed by atoms with Crippen LogP contribution in [0.25, 0.3) is 0 Å². The Morgan fingerprint density at radius 3 is 2.90 bits per heavy atom. The van der Waals surface area contributed by atoms with E-state index in [0.717, 1.165) is 10.4 Å². The van der Waals surface area contributed by atoms with Gasteiger partial charge in [0.05, 0.1) is 17.6 Å². The number of benzene rings is 1. The number of rotatable bonds is 3. The summed E-state index contributed by atoms with van der Waals surface area (Å²) in [5, 5.41) is 3.02. The third-order valence-electron chi connectivity index (χ3n) is 2.27. The van der Waals surface area contributed by atoms with Gasteiger partial charge in [0, 0.05) is 0 Å². The summed E-state index contributed by atoms with van der Waals surface area (Å²) < 4.78 is 5.04. The summed E-state index contributed by atoms with van der Waals surface area (Å²) in [6.07, 6.45) is 1.10. The Morgan fingerprint density at radius 1 is 1.40 bits per heavy atom. The van der Waals surface area contributed by atoms with Crippen molar-refractivity contribution >= 4 is 22.6 Å². The van der Waals surface area contributed by atoms with Crippen molar-refractivity contribution in [3.8, 4) is 11.8 Å². The Morgan fingerprint density at radius 2 is 2.20 bits per heavy atom. The van der Waals surface area contributed by atoms with Gasteiger partial charge in [-0.25, -0.2) is 9.78 Å². The predicted molar refractivity (Wildman–Crippen MR) is 78.0 cm³/mol. The van der Waals surface area contributed by atoms with E-state index in [-0.39, 0.29) is 13.2 Å². The van der Waals surface area contributed by atoms with Crippen LogP contribution in [0.15, 0.2) is 36.5 Å². The summed E-state index contributed by atoms with van der Waals surface area (Å²) in [6.45, 7) is 0.455. The molecule has 1 aromatic carbocycles. The van der Waals surface area contributed by atoms with E-state index >= 15 is 0 Å². The lowest BCUT2D eigenvalue weighted by Gasteiger charge is -2.04. The summed E-state index contributed by atoms with van der Waals surface area (Å²) >= 11 is 1.30. The minimum atomic E-state index is -0.494. The molecule has 1 amide bonds. The van der Waals surface area contributed by atoms with Gasteiger partial charge in [0.2, 0.25) is 0 Å². The number of amides is 1. The number of nitrogen functional groups attached to an aromatic ring is 1. The first kappa shape index (κ1) is 13.9. The van der Waals surface area contributed by atoms with Crippen molar-refractivity contribution in [3.05, 3.63) is 47.0 Å². The maximum atomic E-state index is 11.4. The highest BCUT2D eigenvalue weighted by molar-refractivity contribution is 7.15. The summed E-state index contributed by atoms with van der Waals surface area (Å²) in [6, 6.07) is 9.47. The van der Waals surface area contributed by atoms with E-state index in [1.54, 1.807) is 6.20 Å². The van der Waals surface area contributed by atoms with Gasteiger partial charge in [-0.15, -0.1) is 0 Å². The number of hydrogen-bond donors (Lipinski definition) is 2. The zero-order valence-corrected chi connectivity index (χ0v) is 11.4. The standard InChI is InChI=1S/C14H13N3O2S/c15-13-17-9-12(20-13)7-4-8-16-14(18)19-10-11-5-2-1-3-6-11/h1-3,5-6,9H,8,10H2,(H2,15,17)(H,16,18). The molecule has 2 aromatic rings. The van der Waals surface area contributed by atoms with Crippen molar-refractivity contribution in [1.82, 2.24) is 10.3 Å². The Labute approximate surface area is 120 Å². The highest BCUT2D eigenvalue weighted by Crippen LogP contribution is 2.12. The largest absolute Gasteiger partial charge is 0.445 e. The molecule has 1 aromatic heterocycles. The van der Waals surface area contributed by atoms with Crippen LogP contribution in [0, 0.1) is 11.8 Å². The normalized spacial score (nSPS) is 9.40. The predicted octanol–water partition coefficient (Wildman–Crippen LogP) is 2.00. The number of nitrogens with zero attached hydrogens (tertiary/aromatic N) is 1. The lowest BCUT2D eigenvalue weighted by molar-refractivity contribution is 0.141. The first-order chi connectivity index (χ1) is 9.74. The number of carbonyl (C=O) groups excluding carboxylic acids is 1. The van der Waals surface area contributed by atoms with Gasteiger partial charge in [0.25, 0.3) is 0 Å². The Bertz CT molecular complexity index is 629. The average Bonchev–Trinajstić information content (AvgIpc) is 2.88. The molecule has 2 rings (SSSR count). The molecule has 0 radical (unpaired) electrons. The molecule has 1 heterocycles. The van der Waals surface area contributed by atoms with E-state index in [1.165, 1.54) is 11.3 Å². The van der Waals surface area contributed by atoms with Crippen LogP contribution >= 0.6 is 11.3 Å². The van der Waals surface area contributed by atoms with E-state index in [1.807, 2.05) is 30.3 Å². The Kier molecular flexibility index (Phi) is 4.98. The summed E-state index contributed by atoms with van der Waals surface area (Å²) in [5.74, 6) is 5.65. The number of aromatic nitrogens is 1. The van der Waals surface area contributed by atoms with E-state index in [0.29, 0.717) is 5.13 Å². The second-order valence-corrected chi connectivity index (χ2v) is 4.84. The molecule has 0 saturated heterocycles. The molecule has 20 heavy (non-hydrogen) atoms. The van der Waals surface area contributed by atoms with Crippen molar-refractivity contribution in [1.29, 1.82) is 0 Å². The molecule has 6 heteroatoms. The van der Waals surface area contributed by atoms with Gasteiger partial charge in [-0.05, 0) is 5.56 Å². The van der Waals surface area contributed by atoms with Crippen LogP contribution in [0.1, 0.15) is 10.4 Å². The fraction of sp³-hybridized carbons (Fsp3) is 0.143. The van der Waals surface area contributed by atoms with Gasteiger partial charge in [-0.2, -0.15) is 0 Å². The zero-order chi connectivity index (χ0) is 14.2. The molecule has 0 bridgehead atoms. The van der Waals surface area contributed by atoms with Crippen molar-refractivity contribution in [2.75, 3.05) is 12.3 Å². The fourth-order valence-electron chi connectivity index (χ4n) is 1.37. The molecule has 0 atom stereocenters. The van der Waals surface area contributed by atoms with E-state index in [2.05, 4.69) is 22.1 Å². The van der Waals surface area contributed by atoms with E-state index in [4.69, 9.17) is 10.5 Å². The van der Waals surface area contributed by atoms with Gasteiger partial charge in [0.15, 0.2) is 5.13 Å². The molecule has 3 N–H and O–H groups in total. The van der Waals surface area contributed by atoms with Gasteiger partial charge >= 0.3 is 6.09 Å². The first-order valence-electron chi connectivity index (χ1n) is 5.89. The highest BCUT2D eigenvalue weighted by atomic mass is 32.1. The van der Waals surface area contributed by atoms with Gasteiger partial charge in [-0.1, -0.05) is 53.5 Å². The van der Waals surface area contributed by atoms with E-state index < -0.39 is 6.09 Å². The molecule has 5 nitrogen and oxygen atoms in total. The van der Waals surface area contributed by atoms with Crippen molar-refractivity contribution in [2.24, 2.45) is 0 Å². The smallest absolute Gasteiger partial charge is 0.408 e. The second-order valence-electron chi connectivity index (χ2n) is 3.78. The zero-order valence-electron chi connectivity index (χ0n) is 10.6. The molecule has 0 spiro atoms. The fourth-order valence-corrected chi connectivity index (χ4v) is 1.93. The molecule has 0 fully saturated rings. The molecular weight excluding hydrogens is 274 g/mol. The van der Waals surface area contributed by atoms with Crippen LogP contribution in [-0.2, 0) is 11.3 Å². The van der Waals surface area contributed by atoms with Crippen molar-refractivity contribution in [2.45, 2.75) is 6.61 Å². The number of carbonyl (C=O) groups is 1. The van der Waals surface area contributed by atoms with E-state index in [9.17, 15) is 4.79 Å². The number of thiazole rings is 1. The average molecular weight is 287 g/mol. The topological polar surface area (TPSA) is 77.2 Å². The Balaban J connectivity index is 1.69. The number of nitrogens with one attached hydrogen (secondary N) is 1. The molecular formula is C14H13N3O2S. The number of nitrogens with two attached hydrogens (primary N) is 1. The third kappa shape index (κ3) is 4.63. The van der Waals surface area contributed by atoms with Crippen LogP contribution in [0.4, 0.5) is 9.93 Å². The summed E-state index contributed by atoms with van der Waals surface area (Å²) in [5.41, 5.74) is 6.41. The molecule has 0 aliphatic carbocycles. The quantitative estimate of drug-likeness (QED) is 0.846. The molecule has 0 unspecified atom stereocenters. The van der Waals surface area contributed by atoms with Crippen LogP contribution in [-0.4, -0.2) is 17.6 Å². The molecule has 0 aliphatic heterocycles. The maximum Gasteiger partial charge on any atom is 0.408 e. The van der Waals surface area contributed by atoms with Crippen LogP contribution < -0.4 is 11.1 Å². The van der Waals surface area contributed by atoms with Gasteiger partial charge in [-0.3, -0.25) is 0 Å². The molecule has 0 aliphatic rings. The monoisotopic (exact) mass is 287 g/mol. The molecule has 0 saturated carbocycles. The first-order valence-corrected chi connectivity index (χ1v) is 6.70. The number of hydrogen-bond acceptors (Lipinski definition) is 5. The Hall–Kier alpha value is -2.52. The van der Waals surface area contributed by atoms with Crippen LogP contribution in [0.2, 0.25) is 0 Å². The number of alkyl carbamates (subject to hydrolysis) is 1. The highest BCUT2D eigenvalue weighted by Gasteiger charge is 2.00. The number of ether oxygens (including phenoxy) is 1. The van der Waals surface area contributed by atoms with Crippen molar-refractivity contribution in [3.63, 3.8) is 0 Å². The lowest BCUT2D eigenvalue weighted by Crippen LogP contribution is -2.24. The van der Waals surface area contributed by atoms with Gasteiger partial charge < -0.3 is 15.8 Å². The molecule has 102 valence electrons. The SMILES string of the molecule is Nc1ncc(C#CCNC(=O)OCc2ccccc2)s1. The van der Waals surface area contributed by atoms with Crippen molar-refractivity contribution < 1.29 is 9.53 Å². The summed E-state index contributed by atoms with van der Waals surface area (Å²) in [7, 11) is 0. The minimum absolute atomic E-state index is 0.214. The number of anilines is 1. The van der Waals surface area contributed by atoms with Crippen LogP contribution in [0.3, 0.4) is 0 Å². The second kappa shape index (κ2) is 7.16. The van der Waals surface area contributed by atoms with Gasteiger partial charge in [0.1, 0.15) is 6.61 Å².